The van der Waals surface area contributed by atoms with E-state index in [1.165, 1.54) is 11.3 Å². The SMILES string of the molecule is Cc1cc(NS(=O)(=O)c2cc(C)sc2C)n[nH]1. The van der Waals surface area contributed by atoms with Crippen molar-refractivity contribution in [3.05, 3.63) is 27.6 Å². The third kappa shape index (κ3) is 2.50. The number of rotatable bonds is 3. The van der Waals surface area contributed by atoms with Crippen molar-refractivity contribution < 1.29 is 8.42 Å². The molecule has 0 saturated heterocycles. The first kappa shape index (κ1) is 12.1. The number of sulfonamides is 1. The van der Waals surface area contributed by atoms with E-state index in [1.54, 1.807) is 19.1 Å². The smallest absolute Gasteiger partial charge is 0.264 e. The maximum atomic E-state index is 12.1. The van der Waals surface area contributed by atoms with Gasteiger partial charge in [-0.05, 0) is 26.8 Å². The Hall–Kier alpha value is -1.34. The summed E-state index contributed by atoms with van der Waals surface area (Å²) < 4.78 is 26.6. The molecule has 0 aliphatic heterocycles. The minimum absolute atomic E-state index is 0.311. The van der Waals surface area contributed by atoms with E-state index in [1.807, 2.05) is 13.8 Å². The van der Waals surface area contributed by atoms with Crippen molar-refractivity contribution in [2.45, 2.75) is 25.7 Å². The fourth-order valence-corrected chi connectivity index (χ4v) is 4.09. The van der Waals surface area contributed by atoms with Crippen molar-refractivity contribution in [1.29, 1.82) is 0 Å². The number of H-pyrrole nitrogens is 1. The van der Waals surface area contributed by atoms with Gasteiger partial charge in [0, 0.05) is 21.5 Å². The zero-order chi connectivity index (χ0) is 12.6. The quantitative estimate of drug-likeness (QED) is 0.898. The second-order valence-electron chi connectivity index (χ2n) is 3.82. The molecule has 92 valence electrons. The summed E-state index contributed by atoms with van der Waals surface area (Å²) in [6.07, 6.45) is 0. The molecule has 0 saturated carbocycles. The largest absolute Gasteiger partial charge is 0.281 e. The topological polar surface area (TPSA) is 74.8 Å². The van der Waals surface area contributed by atoms with Gasteiger partial charge in [-0.1, -0.05) is 0 Å². The Morgan fingerprint density at radius 2 is 2.00 bits per heavy atom. The average Bonchev–Trinajstić information content (AvgIpc) is 2.72. The zero-order valence-electron chi connectivity index (χ0n) is 9.73. The summed E-state index contributed by atoms with van der Waals surface area (Å²) in [7, 11) is -3.53. The number of thiophene rings is 1. The van der Waals surface area contributed by atoms with Crippen molar-refractivity contribution in [3.63, 3.8) is 0 Å². The molecular formula is C10H13N3O2S2. The fraction of sp³-hybridized carbons (Fsp3) is 0.300. The highest BCUT2D eigenvalue weighted by molar-refractivity contribution is 7.93. The number of nitrogens with zero attached hydrogens (tertiary/aromatic N) is 1. The molecule has 17 heavy (non-hydrogen) atoms. The molecule has 0 amide bonds. The van der Waals surface area contributed by atoms with E-state index in [-0.39, 0.29) is 0 Å². The van der Waals surface area contributed by atoms with Gasteiger partial charge in [0.1, 0.15) is 4.90 Å². The van der Waals surface area contributed by atoms with Gasteiger partial charge in [-0.3, -0.25) is 9.82 Å². The first-order valence-corrected chi connectivity index (χ1v) is 7.30. The van der Waals surface area contributed by atoms with Crippen LogP contribution >= 0.6 is 11.3 Å². The Kier molecular flexibility index (Phi) is 2.96. The maximum Gasteiger partial charge on any atom is 0.264 e. The van der Waals surface area contributed by atoms with Crippen LogP contribution in [0.25, 0.3) is 0 Å². The van der Waals surface area contributed by atoms with Gasteiger partial charge >= 0.3 is 0 Å². The molecule has 0 atom stereocenters. The molecular weight excluding hydrogens is 258 g/mol. The van der Waals surface area contributed by atoms with E-state index in [0.29, 0.717) is 10.7 Å². The Balaban J connectivity index is 2.34. The Bertz CT molecular complexity index is 640. The van der Waals surface area contributed by atoms with Gasteiger partial charge in [-0.15, -0.1) is 11.3 Å². The number of nitrogens with one attached hydrogen (secondary N) is 2. The van der Waals surface area contributed by atoms with Gasteiger partial charge in [0.15, 0.2) is 5.82 Å². The van der Waals surface area contributed by atoms with Crippen LogP contribution in [0.15, 0.2) is 17.0 Å². The number of aromatic amines is 1. The minimum Gasteiger partial charge on any atom is -0.281 e. The lowest BCUT2D eigenvalue weighted by Crippen LogP contribution is -2.13. The van der Waals surface area contributed by atoms with Crippen molar-refractivity contribution in [2.75, 3.05) is 4.72 Å². The van der Waals surface area contributed by atoms with Crippen molar-refractivity contribution >= 4 is 27.2 Å². The number of anilines is 1. The molecule has 0 fully saturated rings. The molecule has 0 spiro atoms. The molecule has 2 rings (SSSR count). The first-order valence-electron chi connectivity index (χ1n) is 5.00. The van der Waals surface area contributed by atoms with E-state index in [0.717, 1.165) is 15.4 Å². The molecule has 2 aromatic rings. The molecule has 0 aliphatic carbocycles. The van der Waals surface area contributed by atoms with Crippen LogP contribution in [0, 0.1) is 20.8 Å². The van der Waals surface area contributed by atoms with Crippen LogP contribution in [0.3, 0.4) is 0 Å². The molecule has 0 aromatic carbocycles. The van der Waals surface area contributed by atoms with Crippen molar-refractivity contribution in [1.82, 2.24) is 10.2 Å². The van der Waals surface area contributed by atoms with Crippen LogP contribution in [-0.4, -0.2) is 18.6 Å². The highest BCUT2D eigenvalue weighted by atomic mass is 32.2. The van der Waals surface area contributed by atoms with Gasteiger partial charge in [-0.25, -0.2) is 8.42 Å². The van der Waals surface area contributed by atoms with Crippen LogP contribution in [-0.2, 0) is 10.0 Å². The van der Waals surface area contributed by atoms with E-state index in [9.17, 15) is 8.42 Å². The lowest BCUT2D eigenvalue weighted by Gasteiger charge is -2.03. The summed E-state index contributed by atoms with van der Waals surface area (Å²) in [5, 5.41) is 6.54. The van der Waals surface area contributed by atoms with Crippen LogP contribution in [0.2, 0.25) is 0 Å². The summed E-state index contributed by atoms with van der Waals surface area (Å²) in [6, 6.07) is 3.31. The second-order valence-corrected chi connectivity index (χ2v) is 6.93. The number of aryl methyl sites for hydroxylation is 3. The van der Waals surface area contributed by atoms with Crippen molar-refractivity contribution in [3.8, 4) is 0 Å². The monoisotopic (exact) mass is 271 g/mol. The van der Waals surface area contributed by atoms with Crippen LogP contribution in [0.5, 0.6) is 0 Å². The van der Waals surface area contributed by atoms with Crippen LogP contribution < -0.4 is 4.72 Å². The van der Waals surface area contributed by atoms with E-state index in [2.05, 4.69) is 14.9 Å². The lowest BCUT2D eigenvalue weighted by atomic mass is 10.4. The third-order valence-electron chi connectivity index (χ3n) is 2.23. The van der Waals surface area contributed by atoms with Gasteiger partial charge in [0.25, 0.3) is 10.0 Å². The number of aromatic nitrogens is 2. The fourth-order valence-electron chi connectivity index (χ4n) is 1.54. The predicted molar refractivity (Wildman–Crippen MR) is 67.9 cm³/mol. The summed E-state index contributed by atoms with van der Waals surface area (Å²) in [5.41, 5.74) is 0.806. The Morgan fingerprint density at radius 3 is 2.47 bits per heavy atom. The highest BCUT2D eigenvalue weighted by Gasteiger charge is 2.19. The number of hydrogen-bond donors (Lipinski definition) is 2. The molecule has 0 radical (unpaired) electrons. The Morgan fingerprint density at radius 1 is 1.29 bits per heavy atom. The molecule has 2 aromatic heterocycles. The third-order valence-corrected chi connectivity index (χ3v) is 4.81. The molecule has 0 unspecified atom stereocenters. The average molecular weight is 271 g/mol. The van der Waals surface area contributed by atoms with Gasteiger partial charge in [-0.2, -0.15) is 5.10 Å². The van der Waals surface area contributed by atoms with E-state index < -0.39 is 10.0 Å². The molecule has 0 bridgehead atoms. The maximum absolute atomic E-state index is 12.1. The minimum atomic E-state index is -3.53. The predicted octanol–water partition coefficient (Wildman–Crippen LogP) is 2.20. The zero-order valence-corrected chi connectivity index (χ0v) is 11.4. The van der Waals surface area contributed by atoms with Crippen LogP contribution in [0.4, 0.5) is 5.82 Å². The van der Waals surface area contributed by atoms with Gasteiger partial charge < -0.3 is 0 Å². The lowest BCUT2D eigenvalue weighted by molar-refractivity contribution is 0.601. The Labute approximate surface area is 104 Å². The van der Waals surface area contributed by atoms with Crippen LogP contribution in [0.1, 0.15) is 15.4 Å². The molecule has 5 nitrogen and oxygen atoms in total. The highest BCUT2D eigenvalue weighted by Crippen LogP contribution is 2.26. The first-order chi connectivity index (χ1) is 7.88. The van der Waals surface area contributed by atoms with E-state index in [4.69, 9.17) is 0 Å². The van der Waals surface area contributed by atoms with Gasteiger partial charge in [0.2, 0.25) is 0 Å². The summed E-state index contributed by atoms with van der Waals surface area (Å²) >= 11 is 1.46. The summed E-state index contributed by atoms with van der Waals surface area (Å²) in [6.45, 7) is 5.49. The van der Waals surface area contributed by atoms with Gasteiger partial charge in [0.05, 0.1) is 0 Å². The molecule has 0 aliphatic rings. The van der Waals surface area contributed by atoms with Crippen molar-refractivity contribution in [2.24, 2.45) is 0 Å². The summed E-state index contributed by atoms with van der Waals surface area (Å²) in [5.74, 6) is 0.311. The molecule has 7 heteroatoms. The molecule has 2 heterocycles. The standard InChI is InChI=1S/C10H13N3O2S2/c1-6-4-10(12-11-6)13-17(14,15)9-5-7(2)16-8(9)3/h4-5H,1-3H3,(H2,11,12,13). The second kappa shape index (κ2) is 4.15. The van der Waals surface area contributed by atoms with E-state index >= 15 is 0 Å². The summed E-state index contributed by atoms with van der Waals surface area (Å²) in [4.78, 5) is 2.07. The number of hydrogen-bond acceptors (Lipinski definition) is 4. The normalized spacial score (nSPS) is 11.7. The molecule has 2 N–H and O–H groups in total.